The average molecular weight is 329 g/mol. The summed E-state index contributed by atoms with van der Waals surface area (Å²) in [7, 11) is 0. The number of rotatable bonds is 5. The zero-order valence-electron chi connectivity index (χ0n) is 14.2. The quantitative estimate of drug-likeness (QED) is 0.871. The lowest BCUT2D eigenvalue weighted by atomic mass is 9.95. The van der Waals surface area contributed by atoms with Crippen molar-refractivity contribution in [2.24, 2.45) is 11.8 Å². The number of hydrogen-bond donors (Lipinski definition) is 2. The molecule has 2 heterocycles. The minimum Gasteiger partial charge on any atom is -0.343 e. The lowest BCUT2D eigenvalue weighted by molar-refractivity contribution is -0.134. The number of anilines is 1. The second-order valence-corrected chi connectivity index (χ2v) is 6.91. The topological polar surface area (TPSA) is 61.4 Å². The highest BCUT2D eigenvalue weighted by molar-refractivity contribution is 5.92. The predicted octanol–water partition coefficient (Wildman–Crippen LogP) is 2.25. The van der Waals surface area contributed by atoms with Gasteiger partial charge in [0.2, 0.25) is 11.8 Å². The predicted molar refractivity (Wildman–Crippen MR) is 94.6 cm³/mol. The average Bonchev–Trinajstić information content (AvgIpc) is 3.14. The van der Waals surface area contributed by atoms with E-state index in [1.807, 2.05) is 35.2 Å². The molecule has 0 spiro atoms. The number of nitrogens with zero attached hydrogens (tertiary/aromatic N) is 1. The Bertz CT molecular complexity index is 547. The van der Waals surface area contributed by atoms with Gasteiger partial charge in [-0.2, -0.15) is 0 Å². The summed E-state index contributed by atoms with van der Waals surface area (Å²) >= 11 is 0. The fourth-order valence-electron chi connectivity index (χ4n) is 3.60. The molecular formula is C19H27N3O2. The van der Waals surface area contributed by atoms with Crippen LogP contribution in [0.15, 0.2) is 30.3 Å². The van der Waals surface area contributed by atoms with E-state index in [4.69, 9.17) is 0 Å². The van der Waals surface area contributed by atoms with Crippen LogP contribution in [0.25, 0.3) is 0 Å². The second kappa shape index (κ2) is 8.29. The van der Waals surface area contributed by atoms with Crippen molar-refractivity contribution < 1.29 is 9.59 Å². The third-order valence-corrected chi connectivity index (χ3v) is 5.19. The van der Waals surface area contributed by atoms with Crippen LogP contribution in [0, 0.1) is 11.8 Å². The summed E-state index contributed by atoms with van der Waals surface area (Å²) in [4.78, 5) is 26.6. The number of hydrogen-bond acceptors (Lipinski definition) is 3. The van der Waals surface area contributed by atoms with Gasteiger partial charge in [0.25, 0.3) is 0 Å². The zero-order valence-corrected chi connectivity index (χ0v) is 14.2. The fraction of sp³-hybridized carbons (Fsp3) is 0.579. The summed E-state index contributed by atoms with van der Waals surface area (Å²) < 4.78 is 0. The van der Waals surface area contributed by atoms with E-state index < -0.39 is 0 Å². The third-order valence-electron chi connectivity index (χ3n) is 5.19. The molecule has 2 aliphatic heterocycles. The van der Waals surface area contributed by atoms with Gasteiger partial charge in [-0.15, -0.1) is 0 Å². The maximum Gasteiger partial charge on any atom is 0.227 e. The van der Waals surface area contributed by atoms with Crippen LogP contribution >= 0.6 is 0 Å². The van der Waals surface area contributed by atoms with Crippen molar-refractivity contribution in [2.45, 2.75) is 32.1 Å². The van der Waals surface area contributed by atoms with Gasteiger partial charge in [-0.25, -0.2) is 0 Å². The summed E-state index contributed by atoms with van der Waals surface area (Å²) in [5.41, 5.74) is 0.839. The van der Waals surface area contributed by atoms with E-state index in [0.717, 1.165) is 38.0 Å². The minimum absolute atomic E-state index is 0.00767. The van der Waals surface area contributed by atoms with E-state index >= 15 is 0 Å². The van der Waals surface area contributed by atoms with Gasteiger partial charge in [0, 0.05) is 31.1 Å². The molecule has 5 heteroatoms. The van der Waals surface area contributed by atoms with E-state index in [2.05, 4.69) is 10.6 Å². The van der Waals surface area contributed by atoms with Crippen LogP contribution in [0.4, 0.5) is 5.69 Å². The highest BCUT2D eigenvalue weighted by Crippen LogP contribution is 2.21. The van der Waals surface area contributed by atoms with E-state index in [1.54, 1.807) is 0 Å². The Morgan fingerprint density at radius 2 is 1.88 bits per heavy atom. The molecular weight excluding hydrogens is 302 g/mol. The van der Waals surface area contributed by atoms with Gasteiger partial charge in [-0.1, -0.05) is 18.2 Å². The summed E-state index contributed by atoms with van der Waals surface area (Å²) in [5, 5.41) is 6.31. The first-order chi connectivity index (χ1) is 11.7. The van der Waals surface area contributed by atoms with Gasteiger partial charge in [-0.3, -0.25) is 9.59 Å². The molecule has 1 unspecified atom stereocenters. The van der Waals surface area contributed by atoms with Gasteiger partial charge < -0.3 is 15.5 Å². The van der Waals surface area contributed by atoms with Crippen molar-refractivity contribution in [3.05, 3.63) is 30.3 Å². The molecule has 1 atom stereocenters. The normalized spacial score (nSPS) is 21.7. The summed E-state index contributed by atoms with van der Waals surface area (Å²) in [6.45, 7) is 3.54. The van der Waals surface area contributed by atoms with Crippen LogP contribution < -0.4 is 10.6 Å². The highest BCUT2D eigenvalue weighted by Gasteiger charge is 2.27. The number of nitrogens with one attached hydrogen (secondary N) is 2. The van der Waals surface area contributed by atoms with Gasteiger partial charge in [0.15, 0.2) is 0 Å². The van der Waals surface area contributed by atoms with Gasteiger partial charge in [-0.05, 0) is 56.8 Å². The molecule has 1 aromatic carbocycles. The maximum absolute atomic E-state index is 12.3. The zero-order chi connectivity index (χ0) is 16.8. The highest BCUT2D eigenvalue weighted by atomic mass is 16.2. The van der Waals surface area contributed by atoms with E-state index in [-0.39, 0.29) is 17.7 Å². The molecule has 0 saturated carbocycles. The molecule has 24 heavy (non-hydrogen) atoms. The Hall–Kier alpha value is -1.88. The van der Waals surface area contributed by atoms with E-state index in [0.29, 0.717) is 25.4 Å². The van der Waals surface area contributed by atoms with Crippen molar-refractivity contribution in [3.63, 3.8) is 0 Å². The molecule has 0 bridgehead atoms. The Morgan fingerprint density at radius 1 is 1.12 bits per heavy atom. The van der Waals surface area contributed by atoms with Crippen molar-refractivity contribution in [3.8, 4) is 0 Å². The van der Waals surface area contributed by atoms with Crippen LogP contribution in [-0.2, 0) is 9.59 Å². The minimum atomic E-state index is 0.00767. The van der Waals surface area contributed by atoms with Crippen LogP contribution in [0.3, 0.4) is 0 Å². The first-order valence-corrected chi connectivity index (χ1v) is 9.07. The van der Waals surface area contributed by atoms with Crippen molar-refractivity contribution in [1.82, 2.24) is 10.2 Å². The van der Waals surface area contributed by atoms with Crippen LogP contribution in [-0.4, -0.2) is 42.9 Å². The number of amides is 2. The monoisotopic (exact) mass is 329 g/mol. The number of benzene rings is 1. The molecule has 2 aliphatic rings. The van der Waals surface area contributed by atoms with E-state index in [1.165, 1.54) is 6.42 Å². The molecule has 130 valence electrons. The molecule has 0 aliphatic carbocycles. The Morgan fingerprint density at radius 3 is 2.54 bits per heavy atom. The SMILES string of the molecule is O=C(Nc1ccccc1)C1CCN(C(=O)CCC2CCNC2)CC1. The lowest BCUT2D eigenvalue weighted by Gasteiger charge is -2.31. The van der Waals surface area contributed by atoms with Gasteiger partial charge in [0.05, 0.1) is 0 Å². The third kappa shape index (κ3) is 4.57. The number of para-hydroxylation sites is 1. The van der Waals surface area contributed by atoms with Crippen LogP contribution in [0.1, 0.15) is 32.1 Å². The molecule has 2 amide bonds. The molecule has 2 fully saturated rings. The van der Waals surface area contributed by atoms with Crippen molar-refractivity contribution in [1.29, 1.82) is 0 Å². The van der Waals surface area contributed by atoms with Crippen molar-refractivity contribution >= 4 is 17.5 Å². The summed E-state index contributed by atoms with van der Waals surface area (Å²) in [6, 6.07) is 9.55. The summed E-state index contributed by atoms with van der Waals surface area (Å²) in [6.07, 6.45) is 4.34. The molecule has 0 aromatic heterocycles. The lowest BCUT2D eigenvalue weighted by Crippen LogP contribution is -2.41. The molecule has 2 N–H and O–H groups in total. The fourth-order valence-corrected chi connectivity index (χ4v) is 3.60. The number of carbonyl (C=O) groups is 2. The molecule has 3 rings (SSSR count). The molecule has 2 saturated heterocycles. The van der Waals surface area contributed by atoms with Gasteiger partial charge in [0.1, 0.15) is 0 Å². The van der Waals surface area contributed by atoms with Crippen LogP contribution in [0.5, 0.6) is 0 Å². The molecule has 5 nitrogen and oxygen atoms in total. The number of piperidine rings is 1. The molecule has 1 aromatic rings. The first kappa shape index (κ1) is 17.0. The number of likely N-dealkylation sites (tertiary alicyclic amines) is 1. The maximum atomic E-state index is 12.3. The van der Waals surface area contributed by atoms with E-state index in [9.17, 15) is 9.59 Å². The molecule has 0 radical (unpaired) electrons. The largest absolute Gasteiger partial charge is 0.343 e. The Kier molecular flexibility index (Phi) is 5.86. The van der Waals surface area contributed by atoms with Crippen LogP contribution in [0.2, 0.25) is 0 Å². The smallest absolute Gasteiger partial charge is 0.227 e. The number of carbonyl (C=O) groups excluding carboxylic acids is 2. The second-order valence-electron chi connectivity index (χ2n) is 6.91. The summed E-state index contributed by atoms with van der Waals surface area (Å²) in [5.74, 6) is 0.991. The standard InChI is InChI=1S/C19H27N3O2/c23-18(7-6-15-8-11-20-14-15)22-12-9-16(10-13-22)19(24)21-17-4-2-1-3-5-17/h1-5,15-16,20H,6-14H2,(H,21,24). The first-order valence-electron chi connectivity index (χ1n) is 9.07. The van der Waals surface area contributed by atoms with Gasteiger partial charge >= 0.3 is 0 Å². The Balaban J connectivity index is 1.40. The van der Waals surface area contributed by atoms with Crippen molar-refractivity contribution in [2.75, 3.05) is 31.5 Å². The Labute approximate surface area is 143 Å².